The summed E-state index contributed by atoms with van der Waals surface area (Å²) >= 11 is 5.83. The molecule has 1 saturated heterocycles. The summed E-state index contributed by atoms with van der Waals surface area (Å²) in [5, 5.41) is 16.4. The fraction of sp³-hybridized carbons (Fsp3) is 0.565. The minimum absolute atomic E-state index is 0.0411. The molecule has 2 heterocycles. The summed E-state index contributed by atoms with van der Waals surface area (Å²) < 4.78 is 40.3. The van der Waals surface area contributed by atoms with Crippen molar-refractivity contribution >= 4 is 33.0 Å². The number of aromatic nitrogens is 2. The van der Waals surface area contributed by atoms with E-state index in [9.17, 15) is 22.7 Å². The Bertz CT molecular complexity index is 1220. The van der Waals surface area contributed by atoms with Crippen molar-refractivity contribution in [3.63, 3.8) is 0 Å². The Morgan fingerprint density at radius 1 is 1.32 bits per heavy atom. The molecule has 0 bridgehead atoms. The molecule has 3 fully saturated rings. The Kier molecular flexibility index (Phi) is 5.99. The van der Waals surface area contributed by atoms with Gasteiger partial charge in [0.15, 0.2) is 9.84 Å². The Morgan fingerprint density at radius 2 is 2.03 bits per heavy atom. The number of rotatable bonds is 4. The van der Waals surface area contributed by atoms with Gasteiger partial charge in [0.25, 0.3) is 5.91 Å². The molecule has 184 valence electrons. The normalized spacial score (nSPS) is 32.5. The maximum atomic E-state index is 13.5. The Labute approximate surface area is 202 Å². The maximum Gasteiger partial charge on any atom is 0.274 e. The van der Waals surface area contributed by atoms with Gasteiger partial charge in [0.1, 0.15) is 16.8 Å². The van der Waals surface area contributed by atoms with Gasteiger partial charge in [-0.2, -0.15) is 0 Å². The summed E-state index contributed by atoms with van der Waals surface area (Å²) in [5.74, 6) is -0.453. The number of benzene rings is 1. The number of nitrogens with zero attached hydrogens (tertiary/aromatic N) is 2. The Balaban J connectivity index is 1.31. The van der Waals surface area contributed by atoms with Crippen LogP contribution in [0.5, 0.6) is 0 Å². The van der Waals surface area contributed by atoms with Gasteiger partial charge in [-0.05, 0) is 55.7 Å². The molecule has 3 atom stereocenters. The zero-order valence-electron chi connectivity index (χ0n) is 18.8. The second-order valence-electron chi connectivity index (χ2n) is 9.93. The molecule has 3 unspecified atom stereocenters. The summed E-state index contributed by atoms with van der Waals surface area (Å²) in [6.07, 6.45) is 3.98. The number of carbonyl (C=O) groups is 1. The number of sulfone groups is 1. The minimum atomic E-state index is -3.33. The number of amides is 1. The van der Waals surface area contributed by atoms with Crippen LogP contribution in [0.3, 0.4) is 0 Å². The van der Waals surface area contributed by atoms with Crippen molar-refractivity contribution in [2.45, 2.75) is 42.5 Å². The molecular formula is C23H28ClFN4O4S. The molecule has 2 aromatic rings. The average Bonchev–Trinajstić information content (AvgIpc) is 3.41. The summed E-state index contributed by atoms with van der Waals surface area (Å²) in [5.41, 5.74) is 0.302. The van der Waals surface area contributed by atoms with Crippen LogP contribution >= 0.6 is 11.6 Å². The number of imidazole rings is 1. The topological polar surface area (TPSA) is 113 Å². The van der Waals surface area contributed by atoms with E-state index in [1.165, 1.54) is 18.2 Å². The van der Waals surface area contributed by atoms with Crippen LogP contribution in [0, 0.1) is 17.7 Å². The lowest BCUT2D eigenvalue weighted by molar-refractivity contribution is 0.0324. The maximum absolute atomic E-state index is 13.5. The lowest BCUT2D eigenvalue weighted by Gasteiger charge is -2.36. The second kappa shape index (κ2) is 8.58. The van der Waals surface area contributed by atoms with E-state index in [0.717, 1.165) is 12.8 Å². The standard InChI is InChI=1S/C23H28ClFN4O4S/c1-29-12-27-20(21(29)22(30)28-16-2-3-18(25)17(24)8-16)13-6-14-9-23(31,10-15(14)7-13)19-11-26-4-5-34(19,32)33/h2-3,8,12-15,19,26,31H,4-7,9-11H2,1H3,(H,28,30). The van der Waals surface area contributed by atoms with Crippen molar-refractivity contribution in [1.29, 1.82) is 0 Å². The third-order valence-corrected chi connectivity index (χ3v) is 10.3. The third kappa shape index (κ3) is 4.14. The number of hydrogen-bond donors (Lipinski definition) is 3. The molecule has 3 N–H and O–H groups in total. The molecule has 1 aliphatic heterocycles. The first-order chi connectivity index (χ1) is 16.1. The summed E-state index contributed by atoms with van der Waals surface area (Å²) in [6.45, 7) is 0.720. The smallest absolute Gasteiger partial charge is 0.274 e. The highest BCUT2D eigenvalue weighted by Gasteiger charge is 2.56. The van der Waals surface area contributed by atoms with Crippen molar-refractivity contribution in [1.82, 2.24) is 14.9 Å². The van der Waals surface area contributed by atoms with Crippen LogP contribution in [-0.4, -0.2) is 58.7 Å². The molecule has 1 aromatic heterocycles. The van der Waals surface area contributed by atoms with Gasteiger partial charge in [-0.1, -0.05) is 11.6 Å². The molecule has 5 rings (SSSR count). The number of carbonyl (C=O) groups excluding carboxylic acids is 1. The van der Waals surface area contributed by atoms with Crippen LogP contribution in [0.1, 0.15) is 47.8 Å². The van der Waals surface area contributed by atoms with E-state index in [2.05, 4.69) is 15.6 Å². The van der Waals surface area contributed by atoms with Gasteiger partial charge in [0, 0.05) is 31.7 Å². The van der Waals surface area contributed by atoms with Gasteiger partial charge in [-0.3, -0.25) is 4.79 Å². The average molecular weight is 511 g/mol. The van der Waals surface area contributed by atoms with E-state index in [0.29, 0.717) is 43.0 Å². The number of halogens is 2. The number of aliphatic hydroxyl groups is 1. The number of fused-ring (bicyclic) bond motifs is 1. The van der Waals surface area contributed by atoms with Crippen molar-refractivity contribution in [2.75, 3.05) is 24.2 Å². The van der Waals surface area contributed by atoms with Crippen molar-refractivity contribution in [3.05, 3.63) is 46.8 Å². The highest BCUT2D eigenvalue weighted by molar-refractivity contribution is 7.92. The summed E-state index contributed by atoms with van der Waals surface area (Å²) in [4.78, 5) is 17.6. The highest BCUT2D eigenvalue weighted by atomic mass is 35.5. The van der Waals surface area contributed by atoms with Crippen LogP contribution in [0.25, 0.3) is 0 Å². The fourth-order valence-electron chi connectivity index (χ4n) is 6.22. The minimum Gasteiger partial charge on any atom is -0.388 e. The van der Waals surface area contributed by atoms with E-state index in [4.69, 9.17) is 11.6 Å². The molecule has 1 amide bonds. The number of anilines is 1. The fourth-order valence-corrected chi connectivity index (χ4v) is 8.35. The Morgan fingerprint density at radius 3 is 2.68 bits per heavy atom. The first kappa shape index (κ1) is 23.7. The molecule has 0 radical (unpaired) electrons. The van der Waals surface area contributed by atoms with Crippen molar-refractivity contribution < 1.29 is 22.7 Å². The highest BCUT2D eigenvalue weighted by Crippen LogP contribution is 2.55. The van der Waals surface area contributed by atoms with Gasteiger partial charge in [0.2, 0.25) is 0 Å². The second-order valence-corrected chi connectivity index (χ2v) is 12.6. The van der Waals surface area contributed by atoms with Gasteiger partial charge in [-0.25, -0.2) is 17.8 Å². The predicted octanol–water partition coefficient (Wildman–Crippen LogP) is 2.49. The summed E-state index contributed by atoms with van der Waals surface area (Å²) in [6, 6.07) is 4.01. The zero-order chi connectivity index (χ0) is 24.3. The molecule has 2 aliphatic carbocycles. The lowest BCUT2D eigenvalue weighted by atomic mass is 9.89. The zero-order valence-corrected chi connectivity index (χ0v) is 20.4. The van der Waals surface area contributed by atoms with Gasteiger partial charge < -0.3 is 20.3 Å². The number of hydrogen-bond acceptors (Lipinski definition) is 6. The quantitative estimate of drug-likeness (QED) is 0.582. The molecule has 2 saturated carbocycles. The molecule has 11 heteroatoms. The third-order valence-electron chi connectivity index (χ3n) is 7.74. The van der Waals surface area contributed by atoms with Crippen molar-refractivity contribution in [3.8, 4) is 0 Å². The lowest BCUT2D eigenvalue weighted by Crippen LogP contribution is -2.56. The molecule has 3 aliphatic rings. The van der Waals surface area contributed by atoms with Crippen LogP contribution < -0.4 is 10.6 Å². The van der Waals surface area contributed by atoms with Gasteiger partial charge in [-0.15, -0.1) is 0 Å². The summed E-state index contributed by atoms with van der Waals surface area (Å²) in [7, 11) is -1.58. The molecular weight excluding hydrogens is 483 g/mol. The Hall–Kier alpha value is -2.01. The van der Waals surface area contributed by atoms with Crippen molar-refractivity contribution in [2.24, 2.45) is 18.9 Å². The predicted molar refractivity (Wildman–Crippen MR) is 126 cm³/mol. The molecule has 0 spiro atoms. The van der Waals surface area contributed by atoms with Gasteiger partial charge in [0.05, 0.1) is 28.4 Å². The van der Waals surface area contributed by atoms with E-state index >= 15 is 0 Å². The van der Waals surface area contributed by atoms with E-state index in [1.54, 1.807) is 17.9 Å². The van der Waals surface area contributed by atoms with Crippen LogP contribution in [0.15, 0.2) is 24.5 Å². The van der Waals surface area contributed by atoms with Crippen LogP contribution in [0.4, 0.5) is 10.1 Å². The first-order valence-electron chi connectivity index (χ1n) is 11.5. The largest absolute Gasteiger partial charge is 0.388 e. The van der Waals surface area contributed by atoms with E-state index < -0.39 is 26.5 Å². The number of aryl methyl sites for hydroxylation is 1. The van der Waals surface area contributed by atoms with E-state index in [-0.39, 0.29) is 34.4 Å². The van der Waals surface area contributed by atoms with Gasteiger partial charge >= 0.3 is 0 Å². The number of nitrogens with one attached hydrogen (secondary N) is 2. The SMILES string of the molecule is Cn1cnc(C2CC3CC(O)(C4CNCCS4(=O)=O)CC3C2)c1C(=O)Nc1ccc(F)c(Cl)c1. The molecule has 34 heavy (non-hydrogen) atoms. The van der Waals surface area contributed by atoms with E-state index in [1.807, 2.05) is 0 Å². The monoisotopic (exact) mass is 510 g/mol. The van der Waals surface area contributed by atoms with Crippen LogP contribution in [0.2, 0.25) is 5.02 Å². The molecule has 1 aromatic carbocycles. The first-order valence-corrected chi connectivity index (χ1v) is 13.6. The molecule has 8 nitrogen and oxygen atoms in total. The van der Waals surface area contributed by atoms with Crippen LogP contribution in [-0.2, 0) is 16.9 Å².